The van der Waals surface area contributed by atoms with Gasteiger partial charge in [-0.3, -0.25) is 4.79 Å². The maximum atomic E-state index is 12.4. The number of carbonyl (C=O) groups is 1. The molecule has 1 atom stereocenters. The van der Waals surface area contributed by atoms with Crippen molar-refractivity contribution in [2.75, 3.05) is 5.32 Å². The molecule has 1 N–H and O–H groups in total. The molecule has 0 saturated heterocycles. The lowest BCUT2D eigenvalue weighted by Gasteiger charge is -2.13. The summed E-state index contributed by atoms with van der Waals surface area (Å²) in [7, 11) is 0. The topological polar surface area (TPSA) is 59.8 Å². The predicted molar refractivity (Wildman–Crippen MR) is 106 cm³/mol. The average molecular weight is 366 g/mol. The lowest BCUT2D eigenvalue weighted by atomic mass is 10.1. The van der Waals surface area contributed by atoms with Crippen molar-refractivity contribution < 1.29 is 4.79 Å². The van der Waals surface area contributed by atoms with E-state index in [4.69, 9.17) is 0 Å². The van der Waals surface area contributed by atoms with Crippen LogP contribution in [0.2, 0.25) is 0 Å². The van der Waals surface area contributed by atoms with E-state index in [0.29, 0.717) is 0 Å². The summed E-state index contributed by atoms with van der Waals surface area (Å²) < 4.78 is 2.05. The first-order valence-corrected chi connectivity index (χ1v) is 9.49. The Bertz CT molecular complexity index is 892. The molecule has 3 rings (SSSR count). The van der Waals surface area contributed by atoms with Crippen LogP contribution in [-0.4, -0.2) is 25.9 Å². The van der Waals surface area contributed by atoms with Gasteiger partial charge in [-0.15, -0.1) is 10.2 Å². The van der Waals surface area contributed by atoms with E-state index in [-0.39, 0.29) is 11.2 Å². The Hall–Kier alpha value is -2.60. The number of hydrogen-bond donors (Lipinski definition) is 1. The van der Waals surface area contributed by atoms with E-state index in [2.05, 4.69) is 41.5 Å². The van der Waals surface area contributed by atoms with Crippen LogP contribution in [0, 0.1) is 6.92 Å². The smallest absolute Gasteiger partial charge is 0.237 e. The number of para-hydroxylation sites is 1. The van der Waals surface area contributed by atoms with Gasteiger partial charge in [-0.1, -0.05) is 53.7 Å². The minimum absolute atomic E-state index is 0.0519. The maximum Gasteiger partial charge on any atom is 0.237 e. The van der Waals surface area contributed by atoms with Gasteiger partial charge in [0.05, 0.1) is 5.25 Å². The Morgan fingerprint density at radius 1 is 1.15 bits per heavy atom. The SMILES string of the molecule is CCn1c(SC(C)C(=O)Nc2ccccc2)nnc1-c1cccc(C)c1. The number of carbonyl (C=O) groups excluding carboxylic acids is 1. The largest absolute Gasteiger partial charge is 0.325 e. The zero-order valence-corrected chi connectivity index (χ0v) is 16.0. The first kappa shape index (κ1) is 18.2. The van der Waals surface area contributed by atoms with Gasteiger partial charge < -0.3 is 9.88 Å². The second-order valence-corrected chi connectivity index (χ2v) is 7.34. The molecule has 0 aliphatic carbocycles. The van der Waals surface area contributed by atoms with Crippen molar-refractivity contribution in [1.82, 2.24) is 14.8 Å². The van der Waals surface area contributed by atoms with Crippen LogP contribution in [0.1, 0.15) is 19.4 Å². The molecular weight excluding hydrogens is 344 g/mol. The summed E-state index contributed by atoms with van der Waals surface area (Å²) in [6, 6.07) is 17.7. The molecule has 3 aromatic rings. The molecule has 0 spiro atoms. The quantitative estimate of drug-likeness (QED) is 0.657. The number of rotatable bonds is 6. The zero-order valence-electron chi connectivity index (χ0n) is 15.1. The molecule has 5 nitrogen and oxygen atoms in total. The predicted octanol–water partition coefficient (Wildman–Crippen LogP) is 4.39. The summed E-state index contributed by atoms with van der Waals surface area (Å²) in [6.45, 7) is 6.73. The van der Waals surface area contributed by atoms with Crippen LogP contribution in [0.15, 0.2) is 59.8 Å². The Morgan fingerprint density at radius 2 is 1.92 bits per heavy atom. The highest BCUT2D eigenvalue weighted by molar-refractivity contribution is 8.00. The highest BCUT2D eigenvalue weighted by atomic mass is 32.2. The van der Waals surface area contributed by atoms with Crippen molar-refractivity contribution >= 4 is 23.4 Å². The summed E-state index contributed by atoms with van der Waals surface area (Å²) in [5.41, 5.74) is 3.01. The molecule has 1 aromatic heterocycles. The third-order valence-corrected chi connectivity index (χ3v) is 5.08. The first-order valence-electron chi connectivity index (χ1n) is 8.61. The van der Waals surface area contributed by atoms with E-state index in [1.165, 1.54) is 17.3 Å². The van der Waals surface area contributed by atoms with Crippen LogP contribution in [0.25, 0.3) is 11.4 Å². The molecule has 0 radical (unpaired) electrons. The second-order valence-electron chi connectivity index (χ2n) is 6.04. The summed E-state index contributed by atoms with van der Waals surface area (Å²) >= 11 is 1.42. The first-order chi connectivity index (χ1) is 12.6. The van der Waals surface area contributed by atoms with Gasteiger partial charge in [0.1, 0.15) is 0 Å². The number of hydrogen-bond acceptors (Lipinski definition) is 4. The molecule has 1 amide bonds. The van der Waals surface area contributed by atoms with Crippen molar-refractivity contribution in [3.05, 3.63) is 60.2 Å². The number of nitrogens with zero attached hydrogens (tertiary/aromatic N) is 3. The van der Waals surface area contributed by atoms with E-state index >= 15 is 0 Å². The normalized spacial score (nSPS) is 12.0. The summed E-state index contributed by atoms with van der Waals surface area (Å²) in [6.07, 6.45) is 0. The molecule has 6 heteroatoms. The number of benzene rings is 2. The fraction of sp³-hybridized carbons (Fsp3) is 0.250. The van der Waals surface area contributed by atoms with Crippen molar-refractivity contribution in [2.45, 2.75) is 37.7 Å². The average Bonchev–Trinajstić information content (AvgIpc) is 3.05. The second kappa shape index (κ2) is 8.19. The third kappa shape index (κ3) is 4.14. The van der Waals surface area contributed by atoms with Gasteiger partial charge in [0, 0.05) is 17.8 Å². The van der Waals surface area contributed by atoms with Gasteiger partial charge in [-0.05, 0) is 39.0 Å². The lowest BCUT2D eigenvalue weighted by Crippen LogP contribution is -2.22. The molecule has 0 aliphatic heterocycles. The molecular formula is C20H22N4OS. The molecule has 0 bridgehead atoms. The fourth-order valence-electron chi connectivity index (χ4n) is 2.64. The lowest BCUT2D eigenvalue weighted by molar-refractivity contribution is -0.115. The van der Waals surface area contributed by atoms with E-state index in [1.807, 2.05) is 54.0 Å². The summed E-state index contributed by atoms with van der Waals surface area (Å²) in [5, 5.41) is 12.1. The van der Waals surface area contributed by atoms with E-state index in [0.717, 1.165) is 28.8 Å². The number of aryl methyl sites for hydroxylation is 1. The Labute approximate surface area is 157 Å². The van der Waals surface area contributed by atoms with E-state index in [9.17, 15) is 4.79 Å². The summed E-state index contributed by atoms with van der Waals surface area (Å²) in [4.78, 5) is 12.4. The van der Waals surface area contributed by atoms with Crippen LogP contribution in [0.5, 0.6) is 0 Å². The van der Waals surface area contributed by atoms with Crippen LogP contribution in [0.3, 0.4) is 0 Å². The molecule has 0 saturated carbocycles. The van der Waals surface area contributed by atoms with Gasteiger partial charge in [-0.2, -0.15) is 0 Å². The molecule has 134 valence electrons. The van der Waals surface area contributed by atoms with E-state index in [1.54, 1.807) is 0 Å². The molecule has 2 aromatic carbocycles. The van der Waals surface area contributed by atoms with Crippen molar-refractivity contribution in [3.63, 3.8) is 0 Å². The molecule has 26 heavy (non-hydrogen) atoms. The van der Waals surface area contributed by atoms with Crippen LogP contribution >= 0.6 is 11.8 Å². The highest BCUT2D eigenvalue weighted by Crippen LogP contribution is 2.27. The summed E-state index contributed by atoms with van der Waals surface area (Å²) in [5.74, 6) is 0.776. The van der Waals surface area contributed by atoms with Crippen LogP contribution < -0.4 is 5.32 Å². The maximum absolute atomic E-state index is 12.4. The molecule has 0 fully saturated rings. The Morgan fingerprint density at radius 3 is 2.62 bits per heavy atom. The Kier molecular flexibility index (Phi) is 5.73. The third-order valence-electron chi connectivity index (χ3n) is 4.00. The molecule has 0 aliphatic rings. The monoisotopic (exact) mass is 366 g/mol. The number of nitrogens with one attached hydrogen (secondary N) is 1. The molecule has 1 heterocycles. The van der Waals surface area contributed by atoms with Crippen molar-refractivity contribution in [1.29, 1.82) is 0 Å². The standard InChI is InChI=1S/C20H22N4OS/c1-4-24-18(16-10-8-9-14(2)13-16)22-23-20(24)26-15(3)19(25)21-17-11-6-5-7-12-17/h5-13,15H,4H2,1-3H3,(H,21,25). The number of amides is 1. The zero-order chi connectivity index (χ0) is 18.5. The van der Waals surface area contributed by atoms with E-state index < -0.39 is 0 Å². The van der Waals surface area contributed by atoms with Gasteiger partial charge >= 0.3 is 0 Å². The number of anilines is 1. The molecule has 1 unspecified atom stereocenters. The minimum atomic E-state index is -0.282. The van der Waals surface area contributed by atoms with Crippen LogP contribution in [0.4, 0.5) is 5.69 Å². The van der Waals surface area contributed by atoms with Gasteiger partial charge in [0.25, 0.3) is 0 Å². The highest BCUT2D eigenvalue weighted by Gasteiger charge is 2.20. The van der Waals surface area contributed by atoms with Gasteiger partial charge in [0.2, 0.25) is 5.91 Å². The van der Waals surface area contributed by atoms with Gasteiger partial charge in [0.15, 0.2) is 11.0 Å². The Balaban J connectivity index is 1.76. The van der Waals surface area contributed by atoms with Gasteiger partial charge in [-0.25, -0.2) is 0 Å². The van der Waals surface area contributed by atoms with Crippen LogP contribution in [-0.2, 0) is 11.3 Å². The van der Waals surface area contributed by atoms with Crippen molar-refractivity contribution in [3.8, 4) is 11.4 Å². The fourth-order valence-corrected chi connectivity index (χ4v) is 3.55. The minimum Gasteiger partial charge on any atom is -0.325 e. The van der Waals surface area contributed by atoms with Crippen molar-refractivity contribution in [2.24, 2.45) is 0 Å². The number of thioether (sulfide) groups is 1. The number of aromatic nitrogens is 3.